The minimum absolute atomic E-state index is 0.708. The standard InChI is InChI=1S/C47H29N3S/c1-3-10-30(11-4-1)31-17-20-33(21-18-31)43-29-44(50-47(49-43)34-12-5-2-6-13-34)41-28-36(27-40-38-14-7-8-16-45(38)51-46(40)41)35-22-19-32-23-24-42-37(39(32)26-35)15-9-25-48-42/h1-29H. The van der Waals surface area contributed by atoms with Gasteiger partial charge in [-0.1, -0.05) is 127 Å². The average Bonchev–Trinajstić information content (AvgIpc) is 3.59. The van der Waals surface area contributed by atoms with Crippen molar-refractivity contribution in [2.75, 3.05) is 0 Å². The Morgan fingerprint density at radius 2 is 1.04 bits per heavy atom. The number of benzene rings is 7. The Morgan fingerprint density at radius 1 is 0.392 bits per heavy atom. The highest BCUT2D eigenvalue weighted by Gasteiger charge is 2.18. The Labute approximate surface area is 299 Å². The molecule has 0 saturated heterocycles. The summed E-state index contributed by atoms with van der Waals surface area (Å²) in [5.74, 6) is 0.708. The summed E-state index contributed by atoms with van der Waals surface area (Å²) in [5, 5.41) is 6.05. The van der Waals surface area contributed by atoms with Gasteiger partial charge in [-0.3, -0.25) is 4.98 Å². The molecule has 0 radical (unpaired) electrons. The lowest BCUT2D eigenvalue weighted by molar-refractivity contribution is 1.19. The van der Waals surface area contributed by atoms with Crippen molar-refractivity contribution in [1.82, 2.24) is 15.0 Å². The molecule has 0 amide bonds. The zero-order valence-electron chi connectivity index (χ0n) is 27.5. The minimum atomic E-state index is 0.708. The second-order valence-electron chi connectivity index (χ2n) is 12.8. The third-order valence-electron chi connectivity index (χ3n) is 9.74. The first-order valence-electron chi connectivity index (χ1n) is 17.1. The minimum Gasteiger partial charge on any atom is -0.256 e. The highest BCUT2D eigenvalue weighted by molar-refractivity contribution is 7.26. The first kappa shape index (κ1) is 29.4. The predicted octanol–water partition coefficient (Wildman–Crippen LogP) is 12.9. The predicted molar refractivity (Wildman–Crippen MR) is 215 cm³/mol. The summed E-state index contributed by atoms with van der Waals surface area (Å²) in [7, 11) is 0. The van der Waals surface area contributed by atoms with E-state index < -0.39 is 0 Å². The molecular weight excluding hydrogens is 639 g/mol. The number of hydrogen-bond acceptors (Lipinski definition) is 4. The van der Waals surface area contributed by atoms with Crippen molar-refractivity contribution in [2.45, 2.75) is 0 Å². The van der Waals surface area contributed by atoms with E-state index in [2.05, 4.69) is 145 Å². The second-order valence-corrected chi connectivity index (χ2v) is 13.9. The third kappa shape index (κ3) is 5.25. The molecule has 0 aliphatic rings. The van der Waals surface area contributed by atoms with Crippen LogP contribution >= 0.6 is 11.3 Å². The van der Waals surface area contributed by atoms with Crippen LogP contribution in [0.25, 0.3) is 98.0 Å². The van der Waals surface area contributed by atoms with Crippen LogP contribution in [0.5, 0.6) is 0 Å². The van der Waals surface area contributed by atoms with E-state index in [9.17, 15) is 0 Å². The van der Waals surface area contributed by atoms with Crippen molar-refractivity contribution >= 4 is 53.2 Å². The molecule has 51 heavy (non-hydrogen) atoms. The number of hydrogen-bond donors (Lipinski definition) is 0. The van der Waals surface area contributed by atoms with Gasteiger partial charge in [0, 0.05) is 48.4 Å². The monoisotopic (exact) mass is 667 g/mol. The van der Waals surface area contributed by atoms with E-state index in [1.54, 1.807) is 0 Å². The van der Waals surface area contributed by atoms with Crippen LogP contribution in [0.1, 0.15) is 0 Å². The molecule has 3 nitrogen and oxygen atoms in total. The highest BCUT2D eigenvalue weighted by atomic mass is 32.1. The van der Waals surface area contributed by atoms with Crippen LogP contribution in [-0.2, 0) is 0 Å². The van der Waals surface area contributed by atoms with Gasteiger partial charge in [0.25, 0.3) is 0 Å². The Morgan fingerprint density at radius 3 is 1.88 bits per heavy atom. The van der Waals surface area contributed by atoms with Gasteiger partial charge >= 0.3 is 0 Å². The third-order valence-corrected chi connectivity index (χ3v) is 11.0. The fourth-order valence-electron chi connectivity index (χ4n) is 7.16. The summed E-state index contributed by atoms with van der Waals surface area (Å²) in [4.78, 5) is 15.1. The molecule has 0 spiro atoms. The summed E-state index contributed by atoms with van der Waals surface area (Å²) in [6.07, 6.45) is 1.86. The van der Waals surface area contributed by atoms with Crippen molar-refractivity contribution in [3.05, 3.63) is 176 Å². The molecule has 0 saturated carbocycles. The molecule has 0 aliphatic carbocycles. The second kappa shape index (κ2) is 12.1. The maximum absolute atomic E-state index is 5.30. The summed E-state index contributed by atoms with van der Waals surface area (Å²) >= 11 is 1.83. The molecule has 10 aromatic rings. The van der Waals surface area contributed by atoms with Gasteiger partial charge in [-0.25, -0.2) is 9.97 Å². The number of rotatable bonds is 5. The molecule has 10 rings (SSSR count). The average molecular weight is 668 g/mol. The number of pyridine rings is 1. The maximum atomic E-state index is 5.30. The van der Waals surface area contributed by atoms with Gasteiger partial charge < -0.3 is 0 Å². The van der Waals surface area contributed by atoms with E-state index in [0.29, 0.717) is 5.82 Å². The lowest BCUT2D eigenvalue weighted by Crippen LogP contribution is -1.96. The van der Waals surface area contributed by atoms with Crippen LogP contribution in [0.3, 0.4) is 0 Å². The Bertz CT molecular complexity index is 2900. The van der Waals surface area contributed by atoms with E-state index in [-0.39, 0.29) is 0 Å². The summed E-state index contributed by atoms with van der Waals surface area (Å²) in [6.45, 7) is 0. The zero-order chi connectivity index (χ0) is 33.7. The smallest absolute Gasteiger partial charge is 0.160 e. The SMILES string of the molecule is c1ccc(-c2ccc(-c3cc(-c4cc(-c5ccc6ccc7ncccc7c6c5)cc5c4sc4ccccc45)nc(-c4ccccc4)n3)cc2)cc1. The number of thiophene rings is 1. The van der Waals surface area contributed by atoms with Crippen molar-refractivity contribution in [1.29, 1.82) is 0 Å². The first-order chi connectivity index (χ1) is 25.2. The molecule has 0 N–H and O–H groups in total. The highest BCUT2D eigenvalue weighted by Crippen LogP contribution is 2.44. The van der Waals surface area contributed by atoms with E-state index in [0.717, 1.165) is 50.1 Å². The summed E-state index contributed by atoms with van der Waals surface area (Å²) < 4.78 is 2.48. The van der Waals surface area contributed by atoms with Crippen LogP contribution in [0.15, 0.2) is 176 Å². The molecule has 7 aromatic carbocycles. The van der Waals surface area contributed by atoms with Gasteiger partial charge in [-0.05, 0) is 75.5 Å². The van der Waals surface area contributed by atoms with Crippen molar-refractivity contribution in [2.24, 2.45) is 0 Å². The fraction of sp³-hybridized carbons (Fsp3) is 0. The molecule has 3 heterocycles. The van der Waals surface area contributed by atoms with Crippen LogP contribution < -0.4 is 0 Å². The van der Waals surface area contributed by atoms with E-state index in [1.807, 2.05) is 47.9 Å². The van der Waals surface area contributed by atoms with E-state index >= 15 is 0 Å². The van der Waals surface area contributed by atoms with Crippen molar-refractivity contribution in [3.8, 4) is 56.2 Å². The van der Waals surface area contributed by atoms with Gasteiger partial charge in [0.15, 0.2) is 5.82 Å². The summed E-state index contributed by atoms with van der Waals surface area (Å²) in [5.41, 5.74) is 10.6. The molecule has 4 heteroatoms. The van der Waals surface area contributed by atoms with Gasteiger partial charge in [0.1, 0.15) is 0 Å². The Balaban J connectivity index is 1.20. The van der Waals surface area contributed by atoms with Gasteiger partial charge in [0.2, 0.25) is 0 Å². The molecule has 238 valence electrons. The van der Waals surface area contributed by atoms with Crippen LogP contribution in [-0.4, -0.2) is 15.0 Å². The Hall–Kier alpha value is -6.49. The largest absolute Gasteiger partial charge is 0.256 e. The summed E-state index contributed by atoms with van der Waals surface area (Å²) in [6, 6.07) is 60.2. The first-order valence-corrected chi connectivity index (χ1v) is 17.9. The normalized spacial score (nSPS) is 11.5. The van der Waals surface area contributed by atoms with Crippen LogP contribution in [0, 0.1) is 0 Å². The van der Waals surface area contributed by atoms with Crippen LogP contribution in [0.2, 0.25) is 0 Å². The topological polar surface area (TPSA) is 38.7 Å². The van der Waals surface area contributed by atoms with E-state index in [1.165, 1.54) is 42.1 Å². The Kier molecular flexibility index (Phi) is 7.00. The number of fused-ring (bicyclic) bond motifs is 6. The van der Waals surface area contributed by atoms with Gasteiger partial charge in [-0.2, -0.15) is 0 Å². The number of nitrogens with zero attached hydrogens (tertiary/aromatic N) is 3. The van der Waals surface area contributed by atoms with Gasteiger partial charge in [0.05, 0.1) is 16.9 Å². The van der Waals surface area contributed by atoms with Crippen LogP contribution in [0.4, 0.5) is 0 Å². The maximum Gasteiger partial charge on any atom is 0.160 e. The van der Waals surface area contributed by atoms with E-state index in [4.69, 9.17) is 9.97 Å². The van der Waals surface area contributed by atoms with Crippen molar-refractivity contribution < 1.29 is 0 Å². The van der Waals surface area contributed by atoms with Crippen molar-refractivity contribution in [3.63, 3.8) is 0 Å². The molecular formula is C47H29N3S. The molecule has 0 fully saturated rings. The van der Waals surface area contributed by atoms with Gasteiger partial charge in [-0.15, -0.1) is 11.3 Å². The molecule has 0 bridgehead atoms. The number of aromatic nitrogens is 3. The molecule has 0 aliphatic heterocycles. The molecule has 3 aromatic heterocycles. The fourth-order valence-corrected chi connectivity index (χ4v) is 8.37. The molecule has 0 unspecified atom stereocenters. The molecule has 0 atom stereocenters. The quantitative estimate of drug-likeness (QED) is 0.171. The lowest BCUT2D eigenvalue weighted by Gasteiger charge is -2.13. The lowest BCUT2D eigenvalue weighted by atomic mass is 9.95. The zero-order valence-corrected chi connectivity index (χ0v) is 28.3.